The van der Waals surface area contributed by atoms with Crippen LogP contribution in [0.2, 0.25) is 0 Å². The zero-order valence-electron chi connectivity index (χ0n) is 13.3. The molecule has 0 saturated heterocycles. The van der Waals surface area contributed by atoms with Crippen molar-refractivity contribution < 1.29 is 4.79 Å². The lowest BCUT2D eigenvalue weighted by molar-refractivity contribution is 0.0951. The molecule has 4 rings (SSSR count). The highest BCUT2D eigenvalue weighted by atomic mass is 16.1. The van der Waals surface area contributed by atoms with Crippen molar-refractivity contribution in [1.82, 2.24) is 20.1 Å². The van der Waals surface area contributed by atoms with Crippen LogP contribution < -0.4 is 5.32 Å². The number of nitrogens with one attached hydrogen (secondary N) is 1. The van der Waals surface area contributed by atoms with Gasteiger partial charge < -0.3 is 5.32 Å². The SMILES string of the molecule is O=C(NCc1ccc(-n2cccn2)nc1)c1ccc2c(c1)CCC2. The van der Waals surface area contributed by atoms with Crippen LogP contribution in [0.4, 0.5) is 0 Å². The summed E-state index contributed by atoms with van der Waals surface area (Å²) in [5, 5.41) is 7.10. The van der Waals surface area contributed by atoms with Gasteiger partial charge in [0.25, 0.3) is 5.91 Å². The Balaban J connectivity index is 1.40. The third kappa shape index (κ3) is 2.93. The lowest BCUT2D eigenvalue weighted by Gasteiger charge is -2.08. The van der Waals surface area contributed by atoms with Crippen LogP contribution in [0.3, 0.4) is 0 Å². The van der Waals surface area contributed by atoms with Crippen molar-refractivity contribution in [3.8, 4) is 5.82 Å². The van der Waals surface area contributed by atoms with Crippen molar-refractivity contribution in [3.63, 3.8) is 0 Å². The van der Waals surface area contributed by atoms with Crippen LogP contribution in [0, 0.1) is 0 Å². The Kier molecular flexibility index (Phi) is 3.83. The number of rotatable bonds is 4. The molecule has 0 fully saturated rings. The molecule has 0 aliphatic heterocycles. The summed E-state index contributed by atoms with van der Waals surface area (Å²) in [5.74, 6) is 0.717. The molecule has 120 valence electrons. The lowest BCUT2D eigenvalue weighted by atomic mass is 10.1. The van der Waals surface area contributed by atoms with Crippen LogP contribution in [-0.2, 0) is 19.4 Å². The standard InChI is InChI=1S/C19H18N4O/c24-19(17-7-6-15-3-1-4-16(15)11-17)21-13-14-5-8-18(20-12-14)23-10-2-9-22-23/h2,5-12H,1,3-4,13H2,(H,21,24). The molecule has 3 aromatic rings. The molecule has 1 aliphatic carbocycles. The Hall–Kier alpha value is -2.95. The van der Waals surface area contributed by atoms with Gasteiger partial charge in [-0.05, 0) is 60.2 Å². The minimum atomic E-state index is -0.0409. The Labute approximate surface area is 140 Å². The average Bonchev–Trinajstić information content (AvgIpc) is 3.30. The predicted octanol–water partition coefficient (Wildman–Crippen LogP) is 2.69. The van der Waals surface area contributed by atoms with Gasteiger partial charge in [-0.25, -0.2) is 9.67 Å². The van der Waals surface area contributed by atoms with E-state index in [1.54, 1.807) is 17.1 Å². The summed E-state index contributed by atoms with van der Waals surface area (Å²) in [6.45, 7) is 0.461. The van der Waals surface area contributed by atoms with E-state index in [1.807, 2.05) is 36.5 Å². The number of hydrogen-bond acceptors (Lipinski definition) is 3. The fourth-order valence-corrected chi connectivity index (χ4v) is 3.06. The van der Waals surface area contributed by atoms with E-state index in [4.69, 9.17) is 0 Å². The van der Waals surface area contributed by atoms with E-state index in [9.17, 15) is 4.79 Å². The number of carbonyl (C=O) groups excluding carboxylic acids is 1. The number of nitrogens with zero attached hydrogens (tertiary/aromatic N) is 3. The van der Waals surface area contributed by atoms with Gasteiger partial charge in [0.05, 0.1) is 0 Å². The summed E-state index contributed by atoms with van der Waals surface area (Å²) in [7, 11) is 0. The Morgan fingerprint density at radius 3 is 2.88 bits per heavy atom. The van der Waals surface area contributed by atoms with Crippen molar-refractivity contribution in [2.24, 2.45) is 0 Å². The van der Waals surface area contributed by atoms with Crippen LogP contribution in [0.5, 0.6) is 0 Å². The van der Waals surface area contributed by atoms with Gasteiger partial charge >= 0.3 is 0 Å². The van der Waals surface area contributed by atoms with E-state index in [1.165, 1.54) is 17.5 Å². The van der Waals surface area contributed by atoms with Gasteiger partial charge in [-0.15, -0.1) is 0 Å². The van der Waals surface area contributed by atoms with Gasteiger partial charge in [0.15, 0.2) is 5.82 Å². The molecule has 0 saturated carbocycles. The van der Waals surface area contributed by atoms with Crippen LogP contribution in [-0.4, -0.2) is 20.7 Å². The van der Waals surface area contributed by atoms with Crippen LogP contribution in [0.25, 0.3) is 5.82 Å². The molecule has 5 heteroatoms. The third-order valence-electron chi connectivity index (χ3n) is 4.36. The number of hydrogen-bond donors (Lipinski definition) is 1. The second kappa shape index (κ2) is 6.28. The van der Waals surface area contributed by atoms with E-state index >= 15 is 0 Å². The minimum absolute atomic E-state index is 0.0409. The zero-order chi connectivity index (χ0) is 16.4. The second-order valence-corrected chi connectivity index (χ2v) is 5.99. The van der Waals surface area contributed by atoms with Crippen molar-refractivity contribution in [2.75, 3.05) is 0 Å². The van der Waals surface area contributed by atoms with E-state index in [2.05, 4.69) is 21.5 Å². The van der Waals surface area contributed by atoms with Crippen molar-refractivity contribution in [2.45, 2.75) is 25.8 Å². The van der Waals surface area contributed by atoms with E-state index in [0.717, 1.165) is 29.8 Å². The van der Waals surface area contributed by atoms with Gasteiger partial charge in [0.1, 0.15) is 0 Å². The van der Waals surface area contributed by atoms with Gasteiger partial charge in [-0.2, -0.15) is 5.10 Å². The van der Waals surface area contributed by atoms with Crippen molar-refractivity contribution in [1.29, 1.82) is 0 Å². The van der Waals surface area contributed by atoms with Crippen LogP contribution in [0.15, 0.2) is 55.0 Å². The monoisotopic (exact) mass is 318 g/mol. The molecule has 2 heterocycles. The number of carbonyl (C=O) groups is 1. The zero-order valence-corrected chi connectivity index (χ0v) is 13.3. The maximum atomic E-state index is 12.3. The molecule has 2 aromatic heterocycles. The smallest absolute Gasteiger partial charge is 0.251 e. The average molecular weight is 318 g/mol. The Morgan fingerprint density at radius 2 is 2.08 bits per heavy atom. The summed E-state index contributed by atoms with van der Waals surface area (Å²) < 4.78 is 1.70. The first kappa shape index (κ1) is 14.6. The fourth-order valence-electron chi connectivity index (χ4n) is 3.06. The quantitative estimate of drug-likeness (QED) is 0.804. The summed E-state index contributed by atoms with van der Waals surface area (Å²) in [6, 6.07) is 11.7. The number of amides is 1. The molecule has 1 aromatic carbocycles. The first-order chi connectivity index (χ1) is 11.8. The van der Waals surface area contributed by atoms with Gasteiger partial charge in [-0.1, -0.05) is 12.1 Å². The largest absolute Gasteiger partial charge is 0.348 e. The topological polar surface area (TPSA) is 59.8 Å². The van der Waals surface area contributed by atoms with Gasteiger partial charge in [0, 0.05) is 30.7 Å². The van der Waals surface area contributed by atoms with E-state index in [-0.39, 0.29) is 5.91 Å². The van der Waals surface area contributed by atoms with Gasteiger partial charge in [-0.3, -0.25) is 4.79 Å². The number of aryl methyl sites for hydroxylation is 2. The molecular weight excluding hydrogens is 300 g/mol. The lowest BCUT2D eigenvalue weighted by Crippen LogP contribution is -2.23. The molecule has 1 amide bonds. The minimum Gasteiger partial charge on any atom is -0.348 e. The Morgan fingerprint density at radius 1 is 1.17 bits per heavy atom. The highest BCUT2D eigenvalue weighted by molar-refractivity contribution is 5.94. The maximum absolute atomic E-state index is 12.3. The maximum Gasteiger partial charge on any atom is 0.251 e. The van der Waals surface area contributed by atoms with Crippen LogP contribution in [0.1, 0.15) is 33.5 Å². The van der Waals surface area contributed by atoms with E-state index in [0.29, 0.717) is 6.54 Å². The molecule has 0 spiro atoms. The van der Waals surface area contributed by atoms with Crippen molar-refractivity contribution in [3.05, 3.63) is 77.2 Å². The molecule has 1 N–H and O–H groups in total. The summed E-state index contributed by atoms with van der Waals surface area (Å²) in [6.07, 6.45) is 8.72. The highest BCUT2D eigenvalue weighted by Gasteiger charge is 2.13. The third-order valence-corrected chi connectivity index (χ3v) is 4.36. The molecule has 5 nitrogen and oxygen atoms in total. The predicted molar refractivity (Wildman–Crippen MR) is 91.0 cm³/mol. The van der Waals surface area contributed by atoms with Gasteiger partial charge in [0.2, 0.25) is 0 Å². The molecule has 1 aliphatic rings. The molecule has 24 heavy (non-hydrogen) atoms. The Bertz CT molecular complexity index is 854. The number of aromatic nitrogens is 3. The van der Waals surface area contributed by atoms with Crippen LogP contribution >= 0.6 is 0 Å². The summed E-state index contributed by atoms with van der Waals surface area (Å²) >= 11 is 0. The number of benzene rings is 1. The fraction of sp³-hybridized carbons (Fsp3) is 0.211. The molecule has 0 radical (unpaired) electrons. The first-order valence-corrected chi connectivity index (χ1v) is 8.14. The number of fused-ring (bicyclic) bond motifs is 1. The first-order valence-electron chi connectivity index (χ1n) is 8.14. The number of pyridine rings is 1. The molecule has 0 unspecified atom stereocenters. The second-order valence-electron chi connectivity index (χ2n) is 5.99. The summed E-state index contributed by atoms with van der Waals surface area (Å²) in [4.78, 5) is 16.7. The molecular formula is C19H18N4O. The normalized spacial score (nSPS) is 12.8. The highest BCUT2D eigenvalue weighted by Crippen LogP contribution is 2.22. The summed E-state index contributed by atoms with van der Waals surface area (Å²) in [5.41, 5.74) is 4.38. The molecule has 0 bridgehead atoms. The molecule has 0 atom stereocenters. The van der Waals surface area contributed by atoms with Crippen molar-refractivity contribution >= 4 is 5.91 Å². The van der Waals surface area contributed by atoms with E-state index < -0.39 is 0 Å².